The number of carboxylic acids is 2. The van der Waals surface area contributed by atoms with Gasteiger partial charge >= 0.3 is 11.9 Å². The molecule has 1 aliphatic heterocycles. The van der Waals surface area contributed by atoms with Crippen molar-refractivity contribution in [3.63, 3.8) is 0 Å². The number of aliphatic carboxylic acids is 2. The van der Waals surface area contributed by atoms with E-state index in [0.29, 0.717) is 44.4 Å². The van der Waals surface area contributed by atoms with Crippen LogP contribution in [0.4, 0.5) is 0 Å². The van der Waals surface area contributed by atoms with Gasteiger partial charge in [0.15, 0.2) is 5.96 Å². The van der Waals surface area contributed by atoms with Crippen LogP contribution in [0.3, 0.4) is 0 Å². The molecule has 0 radical (unpaired) electrons. The number of hydrogen-bond acceptors (Lipinski definition) is 8. The topological polar surface area (TPSA) is 244 Å². The maximum atomic E-state index is 13.3. The molecule has 0 spiro atoms. The van der Waals surface area contributed by atoms with Crippen molar-refractivity contribution in [3.8, 4) is 0 Å². The maximum Gasteiger partial charge on any atom is 0.326 e. The highest BCUT2D eigenvalue weighted by molar-refractivity contribution is 7.98. The van der Waals surface area contributed by atoms with Crippen LogP contribution in [0.1, 0.15) is 44.9 Å². The van der Waals surface area contributed by atoms with Crippen molar-refractivity contribution >= 4 is 47.4 Å². The highest BCUT2D eigenvalue weighted by Crippen LogP contribution is 2.20. The first-order chi connectivity index (χ1) is 17.0. The van der Waals surface area contributed by atoms with Gasteiger partial charge in [-0.3, -0.25) is 24.2 Å². The number of carbonyl (C=O) groups excluding carboxylic acids is 3. The average molecular weight is 532 g/mol. The van der Waals surface area contributed by atoms with Crippen LogP contribution in [0.25, 0.3) is 0 Å². The molecule has 1 fully saturated rings. The van der Waals surface area contributed by atoms with Crippen LogP contribution in [0.5, 0.6) is 0 Å². The third-order valence-corrected chi connectivity index (χ3v) is 6.27. The van der Waals surface area contributed by atoms with Crippen molar-refractivity contribution in [3.05, 3.63) is 0 Å². The molecular weight excluding hydrogens is 494 g/mol. The SMILES string of the molecule is CSCCC(NC(=O)C(N)CCCN=C(N)N)C(=O)N1CCCC1C(=O)NC(CCC(=O)O)C(=O)O. The second-order valence-corrected chi connectivity index (χ2v) is 9.41. The number of thioether (sulfide) groups is 1. The smallest absolute Gasteiger partial charge is 0.326 e. The van der Waals surface area contributed by atoms with Gasteiger partial charge < -0.3 is 42.9 Å². The number of carboxylic acid groups (broad SMARTS) is 2. The van der Waals surface area contributed by atoms with Crippen LogP contribution in [0, 0.1) is 0 Å². The van der Waals surface area contributed by atoms with E-state index >= 15 is 0 Å². The van der Waals surface area contributed by atoms with Crippen LogP contribution < -0.4 is 27.8 Å². The molecule has 1 aliphatic rings. The van der Waals surface area contributed by atoms with E-state index in [2.05, 4.69) is 15.6 Å². The van der Waals surface area contributed by atoms with Crippen molar-refractivity contribution in [2.75, 3.05) is 25.1 Å². The normalized spacial score (nSPS) is 17.5. The Kier molecular flexibility index (Phi) is 13.6. The zero-order chi connectivity index (χ0) is 27.3. The highest BCUT2D eigenvalue weighted by atomic mass is 32.2. The Balaban J connectivity index is 2.85. The van der Waals surface area contributed by atoms with Gasteiger partial charge in [0.1, 0.15) is 18.1 Å². The molecule has 0 aliphatic carbocycles. The Morgan fingerprint density at radius 1 is 1.08 bits per heavy atom. The lowest BCUT2D eigenvalue weighted by molar-refractivity contribution is -0.145. The Bertz CT molecular complexity index is 822. The van der Waals surface area contributed by atoms with Crippen molar-refractivity contribution in [2.45, 2.75) is 69.1 Å². The Morgan fingerprint density at radius 2 is 1.78 bits per heavy atom. The van der Waals surface area contributed by atoms with E-state index in [1.165, 1.54) is 16.7 Å². The van der Waals surface area contributed by atoms with Gasteiger partial charge in [0.25, 0.3) is 0 Å². The molecular formula is C21H37N7O7S. The summed E-state index contributed by atoms with van der Waals surface area (Å²) in [5.41, 5.74) is 16.5. The summed E-state index contributed by atoms with van der Waals surface area (Å²) in [4.78, 5) is 66.2. The number of nitrogens with two attached hydrogens (primary N) is 3. The summed E-state index contributed by atoms with van der Waals surface area (Å²) in [6, 6.07) is -4.11. The van der Waals surface area contributed by atoms with Crippen LogP contribution in [-0.2, 0) is 24.0 Å². The molecule has 10 N–H and O–H groups in total. The standard InChI is InChI=1S/C21H37N7O7S/c1-36-11-8-13(26-17(31)12(22)4-2-9-25-21(23)24)19(33)28-10-3-5-15(28)18(32)27-14(20(34)35)6-7-16(29)30/h12-15H,2-11,22H2,1H3,(H,26,31)(H,27,32)(H,29,30)(H,34,35)(H4,23,24,25). The van der Waals surface area contributed by atoms with Crippen molar-refractivity contribution in [1.82, 2.24) is 15.5 Å². The molecule has 0 aromatic heterocycles. The summed E-state index contributed by atoms with van der Waals surface area (Å²) in [6.45, 7) is 0.576. The van der Waals surface area contributed by atoms with E-state index in [4.69, 9.17) is 22.3 Å². The number of guanidine groups is 1. The van der Waals surface area contributed by atoms with Crippen molar-refractivity contribution in [1.29, 1.82) is 0 Å². The fourth-order valence-electron chi connectivity index (χ4n) is 3.72. The molecule has 14 nitrogen and oxygen atoms in total. The van der Waals surface area contributed by atoms with E-state index in [9.17, 15) is 29.1 Å². The molecule has 0 bridgehead atoms. The number of hydrogen-bond donors (Lipinski definition) is 7. The zero-order valence-corrected chi connectivity index (χ0v) is 21.2. The molecule has 204 valence electrons. The van der Waals surface area contributed by atoms with Crippen LogP contribution >= 0.6 is 11.8 Å². The molecule has 0 aromatic rings. The first-order valence-electron chi connectivity index (χ1n) is 11.6. The van der Waals surface area contributed by atoms with Gasteiger partial charge in [-0.15, -0.1) is 0 Å². The highest BCUT2D eigenvalue weighted by Gasteiger charge is 2.39. The van der Waals surface area contributed by atoms with Crippen molar-refractivity contribution < 1.29 is 34.2 Å². The van der Waals surface area contributed by atoms with Crippen LogP contribution in [-0.4, -0.2) is 100.0 Å². The van der Waals surface area contributed by atoms with Gasteiger partial charge in [-0.25, -0.2) is 4.79 Å². The van der Waals surface area contributed by atoms with Gasteiger partial charge in [0.2, 0.25) is 17.7 Å². The van der Waals surface area contributed by atoms with Gasteiger partial charge in [-0.05, 0) is 50.5 Å². The van der Waals surface area contributed by atoms with Crippen LogP contribution in [0.15, 0.2) is 4.99 Å². The number of likely N-dealkylation sites (tertiary alicyclic amines) is 1. The van der Waals surface area contributed by atoms with E-state index in [-0.39, 0.29) is 18.9 Å². The Labute approximate surface area is 213 Å². The monoisotopic (exact) mass is 531 g/mol. The minimum Gasteiger partial charge on any atom is -0.481 e. The molecule has 1 saturated heterocycles. The second-order valence-electron chi connectivity index (χ2n) is 8.42. The molecule has 4 atom stereocenters. The maximum absolute atomic E-state index is 13.3. The number of nitrogens with one attached hydrogen (secondary N) is 2. The fraction of sp³-hybridized carbons (Fsp3) is 0.714. The molecule has 15 heteroatoms. The third-order valence-electron chi connectivity index (χ3n) is 5.63. The number of aliphatic imine (C=N–C) groups is 1. The molecule has 4 unspecified atom stereocenters. The largest absolute Gasteiger partial charge is 0.481 e. The third kappa shape index (κ3) is 10.7. The quantitative estimate of drug-likeness (QED) is 0.0654. The minimum absolute atomic E-state index is 0.0588. The minimum atomic E-state index is -1.39. The number of nitrogens with zero attached hydrogens (tertiary/aromatic N) is 2. The van der Waals surface area contributed by atoms with Gasteiger partial charge in [0, 0.05) is 19.5 Å². The zero-order valence-electron chi connectivity index (χ0n) is 20.4. The lowest BCUT2D eigenvalue weighted by Gasteiger charge is -2.30. The van der Waals surface area contributed by atoms with E-state index in [0.717, 1.165) is 0 Å². The molecule has 0 saturated carbocycles. The molecule has 36 heavy (non-hydrogen) atoms. The van der Waals surface area contributed by atoms with Gasteiger partial charge in [0.05, 0.1) is 6.04 Å². The first kappa shape index (κ1) is 31.0. The molecule has 3 amide bonds. The van der Waals surface area contributed by atoms with E-state index in [1.54, 1.807) is 0 Å². The number of rotatable bonds is 16. The first-order valence-corrected chi connectivity index (χ1v) is 13.0. The molecule has 0 aromatic carbocycles. The van der Waals surface area contributed by atoms with Crippen LogP contribution in [0.2, 0.25) is 0 Å². The summed E-state index contributed by atoms with van der Waals surface area (Å²) >= 11 is 1.49. The average Bonchev–Trinajstić information content (AvgIpc) is 3.30. The number of carbonyl (C=O) groups is 5. The molecule has 1 rings (SSSR count). The molecule has 1 heterocycles. The summed E-state index contributed by atoms with van der Waals surface area (Å²) in [5.74, 6) is -3.69. The fourth-order valence-corrected chi connectivity index (χ4v) is 4.19. The Hall–Kier alpha value is -3.07. The van der Waals surface area contributed by atoms with E-state index in [1.807, 2.05) is 6.26 Å². The lowest BCUT2D eigenvalue weighted by atomic mass is 10.1. The number of amides is 3. The Morgan fingerprint density at radius 3 is 2.36 bits per heavy atom. The second kappa shape index (κ2) is 15.8. The predicted molar refractivity (Wildman–Crippen MR) is 134 cm³/mol. The summed E-state index contributed by atoms with van der Waals surface area (Å²) in [6.07, 6.45) is 3.05. The van der Waals surface area contributed by atoms with Crippen molar-refractivity contribution in [2.24, 2.45) is 22.2 Å². The van der Waals surface area contributed by atoms with Gasteiger partial charge in [-0.1, -0.05) is 0 Å². The summed E-state index contributed by atoms with van der Waals surface area (Å²) < 4.78 is 0. The summed E-state index contributed by atoms with van der Waals surface area (Å²) in [5, 5.41) is 23.2. The summed E-state index contributed by atoms with van der Waals surface area (Å²) in [7, 11) is 0. The van der Waals surface area contributed by atoms with Gasteiger partial charge in [-0.2, -0.15) is 11.8 Å². The predicted octanol–water partition coefficient (Wildman–Crippen LogP) is -1.97. The van der Waals surface area contributed by atoms with E-state index < -0.39 is 60.2 Å². The lowest BCUT2D eigenvalue weighted by Crippen LogP contribution is -2.57.